The third kappa shape index (κ3) is 5.33. The van der Waals surface area contributed by atoms with E-state index in [1.54, 1.807) is 0 Å². The van der Waals surface area contributed by atoms with Crippen molar-refractivity contribution in [2.24, 2.45) is 5.92 Å². The van der Waals surface area contributed by atoms with Gasteiger partial charge in [0.25, 0.3) is 0 Å². The van der Waals surface area contributed by atoms with Crippen LogP contribution in [0.25, 0.3) is 0 Å². The average Bonchev–Trinajstić information content (AvgIpc) is 2.29. The van der Waals surface area contributed by atoms with Gasteiger partial charge in [0.15, 0.2) is 0 Å². The Labute approximate surface area is 105 Å². The molecule has 96 valence electrons. The molecule has 1 rings (SSSR count). The fraction of sp³-hybridized carbons (Fsp3) is 0.600. The van der Waals surface area contributed by atoms with Crippen molar-refractivity contribution < 1.29 is 5.11 Å². The van der Waals surface area contributed by atoms with E-state index in [1.807, 2.05) is 0 Å². The first-order valence-corrected chi connectivity index (χ1v) is 6.56. The smallest absolute Gasteiger partial charge is 0.0443 e. The van der Waals surface area contributed by atoms with Gasteiger partial charge >= 0.3 is 0 Å². The Morgan fingerprint density at radius 1 is 1.12 bits per heavy atom. The summed E-state index contributed by atoms with van der Waals surface area (Å²) in [6.45, 7) is 7.77. The lowest BCUT2D eigenvalue weighted by molar-refractivity contribution is 0.284. The van der Waals surface area contributed by atoms with Crippen LogP contribution in [0, 0.1) is 5.92 Å². The molecule has 0 aliphatic rings. The molecule has 0 fully saturated rings. The highest BCUT2D eigenvalue weighted by molar-refractivity contribution is 5.25. The summed E-state index contributed by atoms with van der Waals surface area (Å²) in [4.78, 5) is 0. The maximum Gasteiger partial charge on any atom is 0.0443 e. The molecule has 0 aliphatic heterocycles. The minimum absolute atomic E-state index is 0.257. The van der Waals surface area contributed by atoms with Crippen molar-refractivity contribution in [3.8, 4) is 0 Å². The predicted molar refractivity (Wildman–Crippen MR) is 73.1 cm³/mol. The van der Waals surface area contributed by atoms with E-state index < -0.39 is 0 Å². The van der Waals surface area contributed by atoms with Crippen LogP contribution in [0.5, 0.6) is 0 Å². The van der Waals surface area contributed by atoms with Gasteiger partial charge in [-0.3, -0.25) is 0 Å². The first kappa shape index (κ1) is 14.2. The highest BCUT2D eigenvalue weighted by atomic mass is 16.3. The lowest BCUT2D eigenvalue weighted by atomic mass is 10.00. The summed E-state index contributed by atoms with van der Waals surface area (Å²) in [7, 11) is 0. The molecule has 0 aliphatic carbocycles. The van der Waals surface area contributed by atoms with Crippen molar-refractivity contribution in [2.45, 2.75) is 39.7 Å². The van der Waals surface area contributed by atoms with Gasteiger partial charge in [-0.2, -0.15) is 0 Å². The second kappa shape index (κ2) is 7.46. The molecule has 0 spiro atoms. The standard InChI is InChI=1S/C15H25NO/c1-12(2)11-14-5-7-15(8-6-14)13(3)16-9-4-10-17/h5-8,12-13,16-17H,4,9-11H2,1-3H3. The van der Waals surface area contributed by atoms with Gasteiger partial charge in [0.2, 0.25) is 0 Å². The maximum atomic E-state index is 8.73. The Morgan fingerprint density at radius 3 is 2.29 bits per heavy atom. The summed E-state index contributed by atoms with van der Waals surface area (Å²) in [5.41, 5.74) is 2.72. The summed E-state index contributed by atoms with van der Waals surface area (Å²) in [5, 5.41) is 12.1. The zero-order chi connectivity index (χ0) is 12.7. The van der Waals surface area contributed by atoms with Crippen LogP contribution >= 0.6 is 0 Å². The van der Waals surface area contributed by atoms with E-state index in [4.69, 9.17) is 5.11 Å². The zero-order valence-corrected chi connectivity index (χ0v) is 11.2. The molecule has 1 aromatic carbocycles. The molecular formula is C15H25NO. The monoisotopic (exact) mass is 235 g/mol. The second-order valence-electron chi connectivity index (χ2n) is 5.09. The summed E-state index contributed by atoms with van der Waals surface area (Å²) in [6.07, 6.45) is 1.96. The molecule has 2 N–H and O–H groups in total. The van der Waals surface area contributed by atoms with E-state index in [1.165, 1.54) is 11.1 Å². The van der Waals surface area contributed by atoms with Gasteiger partial charge in [-0.05, 0) is 43.4 Å². The zero-order valence-electron chi connectivity index (χ0n) is 11.2. The first-order valence-electron chi connectivity index (χ1n) is 6.56. The van der Waals surface area contributed by atoms with Crippen LogP contribution < -0.4 is 5.32 Å². The molecule has 1 aromatic rings. The van der Waals surface area contributed by atoms with Crippen LogP contribution in [0.1, 0.15) is 44.4 Å². The summed E-state index contributed by atoms with van der Waals surface area (Å²) in [6, 6.07) is 9.21. The van der Waals surface area contributed by atoms with Gasteiger partial charge in [0.1, 0.15) is 0 Å². The molecule has 1 atom stereocenters. The summed E-state index contributed by atoms with van der Waals surface area (Å²) >= 11 is 0. The molecule has 0 amide bonds. The molecule has 2 heteroatoms. The average molecular weight is 235 g/mol. The van der Waals surface area contributed by atoms with Crippen molar-refractivity contribution in [1.82, 2.24) is 5.32 Å². The number of hydrogen-bond donors (Lipinski definition) is 2. The van der Waals surface area contributed by atoms with Crippen molar-refractivity contribution >= 4 is 0 Å². The van der Waals surface area contributed by atoms with Crippen LogP contribution in [0.3, 0.4) is 0 Å². The second-order valence-corrected chi connectivity index (χ2v) is 5.09. The fourth-order valence-corrected chi connectivity index (χ4v) is 1.93. The van der Waals surface area contributed by atoms with Crippen molar-refractivity contribution in [3.63, 3.8) is 0 Å². The van der Waals surface area contributed by atoms with Gasteiger partial charge in [0, 0.05) is 12.6 Å². The molecule has 0 radical (unpaired) electrons. The minimum Gasteiger partial charge on any atom is -0.396 e. The van der Waals surface area contributed by atoms with Crippen molar-refractivity contribution in [3.05, 3.63) is 35.4 Å². The van der Waals surface area contributed by atoms with E-state index in [9.17, 15) is 0 Å². The number of benzene rings is 1. The van der Waals surface area contributed by atoms with Gasteiger partial charge in [0.05, 0.1) is 0 Å². The lowest BCUT2D eigenvalue weighted by Gasteiger charge is -2.14. The molecule has 0 heterocycles. The summed E-state index contributed by atoms with van der Waals surface area (Å²) < 4.78 is 0. The third-order valence-corrected chi connectivity index (χ3v) is 2.91. The Hall–Kier alpha value is -0.860. The van der Waals surface area contributed by atoms with Gasteiger partial charge in [-0.1, -0.05) is 38.1 Å². The highest BCUT2D eigenvalue weighted by Crippen LogP contribution is 2.15. The number of aliphatic hydroxyl groups excluding tert-OH is 1. The van der Waals surface area contributed by atoms with Crippen LogP contribution in [-0.4, -0.2) is 18.3 Å². The number of rotatable bonds is 7. The van der Waals surface area contributed by atoms with Crippen molar-refractivity contribution in [1.29, 1.82) is 0 Å². The van der Waals surface area contributed by atoms with Crippen LogP contribution in [-0.2, 0) is 6.42 Å². The largest absolute Gasteiger partial charge is 0.396 e. The molecular weight excluding hydrogens is 210 g/mol. The Bertz CT molecular complexity index is 305. The van der Waals surface area contributed by atoms with Gasteiger partial charge in [-0.25, -0.2) is 0 Å². The Balaban J connectivity index is 2.48. The van der Waals surface area contributed by atoms with Crippen molar-refractivity contribution in [2.75, 3.05) is 13.2 Å². The minimum atomic E-state index is 0.257. The van der Waals surface area contributed by atoms with Gasteiger partial charge in [-0.15, -0.1) is 0 Å². The quantitative estimate of drug-likeness (QED) is 0.712. The normalized spacial score (nSPS) is 13.0. The van der Waals surface area contributed by atoms with E-state index in [0.717, 1.165) is 19.4 Å². The molecule has 1 unspecified atom stereocenters. The fourth-order valence-electron chi connectivity index (χ4n) is 1.93. The van der Waals surface area contributed by atoms with E-state index in [2.05, 4.69) is 50.4 Å². The van der Waals surface area contributed by atoms with Crippen LogP contribution in [0.15, 0.2) is 24.3 Å². The Morgan fingerprint density at radius 2 is 1.76 bits per heavy atom. The molecule has 17 heavy (non-hydrogen) atoms. The predicted octanol–water partition coefficient (Wildman–Crippen LogP) is 2.92. The Kier molecular flexibility index (Phi) is 6.23. The van der Waals surface area contributed by atoms with Crippen LogP contribution in [0.4, 0.5) is 0 Å². The molecule has 0 aromatic heterocycles. The van der Waals surface area contributed by atoms with E-state index in [-0.39, 0.29) is 6.61 Å². The molecule has 0 bridgehead atoms. The lowest BCUT2D eigenvalue weighted by Crippen LogP contribution is -2.20. The van der Waals surface area contributed by atoms with E-state index >= 15 is 0 Å². The molecule has 0 saturated carbocycles. The molecule has 2 nitrogen and oxygen atoms in total. The number of nitrogens with one attached hydrogen (secondary N) is 1. The third-order valence-electron chi connectivity index (χ3n) is 2.91. The van der Waals surface area contributed by atoms with Crippen LogP contribution in [0.2, 0.25) is 0 Å². The SMILES string of the molecule is CC(C)Cc1ccc(C(C)NCCCO)cc1. The topological polar surface area (TPSA) is 32.3 Å². The summed E-state index contributed by atoms with van der Waals surface area (Å²) in [5.74, 6) is 0.709. The molecule has 0 saturated heterocycles. The van der Waals surface area contributed by atoms with E-state index in [0.29, 0.717) is 12.0 Å². The maximum absolute atomic E-state index is 8.73. The highest BCUT2D eigenvalue weighted by Gasteiger charge is 2.04. The van der Waals surface area contributed by atoms with Gasteiger partial charge < -0.3 is 10.4 Å². The number of hydrogen-bond acceptors (Lipinski definition) is 2. The first-order chi connectivity index (χ1) is 8.13. The number of aliphatic hydroxyl groups is 1.